The maximum absolute atomic E-state index is 12.4. The van der Waals surface area contributed by atoms with E-state index >= 15 is 0 Å². The predicted molar refractivity (Wildman–Crippen MR) is 89.0 cm³/mol. The first-order valence-electron chi connectivity index (χ1n) is 7.15. The highest BCUT2D eigenvalue weighted by Gasteiger charge is 2.19. The van der Waals surface area contributed by atoms with Gasteiger partial charge in [0.15, 0.2) is 0 Å². The number of aryl methyl sites for hydroxylation is 1. The van der Waals surface area contributed by atoms with Crippen LogP contribution in [0, 0.1) is 17.0 Å². The lowest BCUT2D eigenvalue weighted by molar-refractivity contribution is -0.385. The normalized spacial score (nSPS) is 11.4. The number of sulfonamides is 1. The third-order valence-corrected chi connectivity index (χ3v) is 4.99. The van der Waals surface area contributed by atoms with Crippen molar-refractivity contribution in [2.75, 3.05) is 7.11 Å². The van der Waals surface area contributed by atoms with Crippen molar-refractivity contribution in [2.24, 2.45) is 0 Å². The average molecular weight is 350 g/mol. The standard InChI is InChI=1S/C16H18N2O5S/c1-12-8-15(18(19)20)6-7-16(12)24(21,22)17-10-13-4-3-5-14(9-13)11-23-2/h3-9,17H,10-11H2,1-2H3. The zero-order chi connectivity index (χ0) is 17.7. The number of methoxy groups -OCH3 is 1. The first-order chi connectivity index (χ1) is 11.3. The van der Waals surface area contributed by atoms with Crippen LogP contribution in [0.5, 0.6) is 0 Å². The fourth-order valence-electron chi connectivity index (χ4n) is 2.30. The number of benzene rings is 2. The molecule has 128 valence electrons. The Morgan fingerprint density at radius 1 is 1.17 bits per heavy atom. The first kappa shape index (κ1) is 18.1. The van der Waals surface area contributed by atoms with E-state index in [4.69, 9.17) is 4.74 Å². The molecule has 0 radical (unpaired) electrons. The number of nitrogens with zero attached hydrogens (tertiary/aromatic N) is 1. The molecule has 2 aromatic carbocycles. The van der Waals surface area contributed by atoms with Crippen molar-refractivity contribution >= 4 is 15.7 Å². The molecule has 0 saturated heterocycles. The maximum atomic E-state index is 12.4. The van der Waals surface area contributed by atoms with Crippen LogP contribution in [0.25, 0.3) is 0 Å². The molecule has 8 heteroatoms. The van der Waals surface area contributed by atoms with Crippen LogP contribution in [-0.4, -0.2) is 20.5 Å². The Bertz CT molecular complexity index is 849. The lowest BCUT2D eigenvalue weighted by atomic mass is 10.1. The van der Waals surface area contributed by atoms with E-state index in [9.17, 15) is 18.5 Å². The van der Waals surface area contributed by atoms with Crippen molar-refractivity contribution in [2.45, 2.75) is 25.0 Å². The third-order valence-electron chi connectivity index (χ3n) is 3.43. The van der Waals surface area contributed by atoms with E-state index in [0.29, 0.717) is 12.2 Å². The van der Waals surface area contributed by atoms with Crippen LogP contribution >= 0.6 is 0 Å². The van der Waals surface area contributed by atoms with E-state index < -0.39 is 14.9 Å². The van der Waals surface area contributed by atoms with Crippen molar-refractivity contribution < 1.29 is 18.1 Å². The molecule has 0 saturated carbocycles. The second-order valence-corrected chi connectivity index (χ2v) is 7.02. The highest BCUT2D eigenvalue weighted by Crippen LogP contribution is 2.21. The Morgan fingerprint density at radius 2 is 1.88 bits per heavy atom. The molecule has 24 heavy (non-hydrogen) atoms. The summed E-state index contributed by atoms with van der Waals surface area (Å²) < 4.78 is 32.4. The Labute approximate surface area is 140 Å². The SMILES string of the molecule is COCc1cccc(CNS(=O)(=O)c2ccc([N+](=O)[O-])cc2C)c1. The van der Waals surface area contributed by atoms with Gasteiger partial charge in [-0.2, -0.15) is 0 Å². The van der Waals surface area contributed by atoms with Crippen molar-refractivity contribution in [3.8, 4) is 0 Å². The van der Waals surface area contributed by atoms with Crippen molar-refractivity contribution in [3.63, 3.8) is 0 Å². The fraction of sp³-hybridized carbons (Fsp3) is 0.250. The van der Waals surface area contributed by atoms with E-state index in [0.717, 1.165) is 11.1 Å². The van der Waals surface area contributed by atoms with Gasteiger partial charge in [0.05, 0.1) is 16.4 Å². The van der Waals surface area contributed by atoms with E-state index in [2.05, 4.69) is 4.72 Å². The monoisotopic (exact) mass is 350 g/mol. The first-order valence-corrected chi connectivity index (χ1v) is 8.63. The highest BCUT2D eigenvalue weighted by molar-refractivity contribution is 7.89. The van der Waals surface area contributed by atoms with Gasteiger partial charge in [-0.25, -0.2) is 13.1 Å². The van der Waals surface area contributed by atoms with Gasteiger partial charge in [0.2, 0.25) is 10.0 Å². The van der Waals surface area contributed by atoms with Crippen LogP contribution in [0.4, 0.5) is 5.69 Å². The van der Waals surface area contributed by atoms with Crippen LogP contribution in [0.2, 0.25) is 0 Å². The van der Waals surface area contributed by atoms with Gasteiger partial charge >= 0.3 is 0 Å². The summed E-state index contributed by atoms with van der Waals surface area (Å²) in [4.78, 5) is 10.2. The molecule has 7 nitrogen and oxygen atoms in total. The number of hydrogen-bond acceptors (Lipinski definition) is 5. The molecule has 0 amide bonds. The number of hydrogen-bond donors (Lipinski definition) is 1. The molecule has 0 fully saturated rings. The Balaban J connectivity index is 2.17. The molecule has 0 spiro atoms. The summed E-state index contributed by atoms with van der Waals surface area (Å²) >= 11 is 0. The van der Waals surface area contributed by atoms with Crippen molar-refractivity contribution in [3.05, 3.63) is 69.3 Å². The van der Waals surface area contributed by atoms with Crippen LogP contribution < -0.4 is 4.72 Å². The summed E-state index contributed by atoms with van der Waals surface area (Å²) in [6.45, 7) is 2.10. The van der Waals surface area contributed by atoms with Gasteiger partial charge in [0.1, 0.15) is 0 Å². The molecule has 2 aromatic rings. The zero-order valence-corrected chi connectivity index (χ0v) is 14.2. The summed E-state index contributed by atoms with van der Waals surface area (Å²) in [7, 11) is -2.17. The number of nitro groups is 1. The number of nitro benzene ring substituents is 1. The lowest BCUT2D eigenvalue weighted by Gasteiger charge is -2.10. The van der Waals surface area contributed by atoms with Crippen LogP contribution in [0.3, 0.4) is 0 Å². The highest BCUT2D eigenvalue weighted by atomic mass is 32.2. The van der Waals surface area contributed by atoms with E-state index in [1.54, 1.807) is 7.11 Å². The number of non-ortho nitro benzene ring substituents is 1. The van der Waals surface area contributed by atoms with E-state index in [-0.39, 0.29) is 17.1 Å². The second-order valence-electron chi connectivity index (χ2n) is 5.28. The minimum absolute atomic E-state index is 0.0288. The molecular formula is C16H18N2O5S. The molecule has 0 unspecified atom stereocenters. The lowest BCUT2D eigenvalue weighted by Crippen LogP contribution is -2.24. The van der Waals surface area contributed by atoms with Gasteiger partial charge in [0.25, 0.3) is 5.69 Å². The molecule has 0 aliphatic heterocycles. The van der Waals surface area contributed by atoms with Gasteiger partial charge in [-0.15, -0.1) is 0 Å². The topological polar surface area (TPSA) is 98.5 Å². The van der Waals surface area contributed by atoms with Crippen LogP contribution in [-0.2, 0) is 27.9 Å². The largest absolute Gasteiger partial charge is 0.380 e. The Kier molecular flexibility index (Phi) is 5.66. The summed E-state index contributed by atoms with van der Waals surface area (Å²) in [5.41, 5.74) is 1.93. The van der Waals surface area contributed by atoms with Crippen LogP contribution in [0.1, 0.15) is 16.7 Å². The summed E-state index contributed by atoms with van der Waals surface area (Å²) in [6.07, 6.45) is 0. The van der Waals surface area contributed by atoms with E-state index in [1.165, 1.54) is 25.1 Å². The van der Waals surface area contributed by atoms with E-state index in [1.807, 2.05) is 24.3 Å². The number of nitrogens with one attached hydrogen (secondary N) is 1. The molecule has 1 N–H and O–H groups in total. The molecule has 0 bridgehead atoms. The number of ether oxygens (including phenoxy) is 1. The molecule has 0 heterocycles. The third kappa shape index (κ3) is 4.38. The quantitative estimate of drug-likeness (QED) is 0.611. The molecule has 0 aliphatic carbocycles. The fourth-order valence-corrected chi connectivity index (χ4v) is 3.54. The summed E-state index contributed by atoms with van der Waals surface area (Å²) in [5.74, 6) is 0. The average Bonchev–Trinajstić information content (AvgIpc) is 2.53. The van der Waals surface area contributed by atoms with Crippen molar-refractivity contribution in [1.82, 2.24) is 4.72 Å². The van der Waals surface area contributed by atoms with Gasteiger partial charge in [0, 0.05) is 25.8 Å². The molecule has 0 aromatic heterocycles. The maximum Gasteiger partial charge on any atom is 0.269 e. The van der Waals surface area contributed by atoms with Crippen LogP contribution in [0.15, 0.2) is 47.4 Å². The molecule has 0 aliphatic rings. The Hall–Kier alpha value is -2.29. The van der Waals surface area contributed by atoms with Gasteiger partial charge in [-0.1, -0.05) is 24.3 Å². The number of rotatable bonds is 7. The molecule has 2 rings (SSSR count). The summed E-state index contributed by atoms with van der Waals surface area (Å²) in [6, 6.07) is 11.1. The van der Waals surface area contributed by atoms with Gasteiger partial charge in [-0.05, 0) is 29.7 Å². The Morgan fingerprint density at radius 3 is 2.50 bits per heavy atom. The zero-order valence-electron chi connectivity index (χ0n) is 13.4. The second kappa shape index (κ2) is 7.52. The smallest absolute Gasteiger partial charge is 0.269 e. The van der Waals surface area contributed by atoms with Gasteiger partial charge in [-0.3, -0.25) is 10.1 Å². The minimum Gasteiger partial charge on any atom is -0.380 e. The van der Waals surface area contributed by atoms with Crippen molar-refractivity contribution in [1.29, 1.82) is 0 Å². The minimum atomic E-state index is -3.76. The molecule has 0 atom stereocenters. The summed E-state index contributed by atoms with van der Waals surface area (Å²) in [5, 5.41) is 10.7. The van der Waals surface area contributed by atoms with Gasteiger partial charge < -0.3 is 4.74 Å². The predicted octanol–water partition coefficient (Wildman–Crippen LogP) is 2.53. The molecular weight excluding hydrogens is 332 g/mol.